The van der Waals surface area contributed by atoms with Gasteiger partial charge >= 0.3 is 0 Å². The highest BCUT2D eigenvalue weighted by atomic mass is 32.2. The van der Waals surface area contributed by atoms with Crippen molar-refractivity contribution in [3.05, 3.63) is 48.5 Å². The number of benzene rings is 2. The fourth-order valence-electron chi connectivity index (χ4n) is 2.85. The van der Waals surface area contributed by atoms with E-state index in [1.165, 1.54) is 12.1 Å². The summed E-state index contributed by atoms with van der Waals surface area (Å²) in [6.07, 6.45) is 0.385. The summed E-state index contributed by atoms with van der Waals surface area (Å²) in [7, 11) is -3.59. The number of rotatable bonds is 5. The van der Waals surface area contributed by atoms with E-state index in [1.54, 1.807) is 37.3 Å². The number of hydrogen-bond acceptors (Lipinski definition) is 5. The van der Waals surface area contributed by atoms with E-state index in [9.17, 15) is 13.2 Å². The molecule has 1 fully saturated rings. The zero-order chi connectivity index (χ0) is 19.0. The molecule has 4 rings (SSSR count). The van der Waals surface area contributed by atoms with Crippen LogP contribution in [0.15, 0.2) is 53.4 Å². The van der Waals surface area contributed by atoms with Crippen LogP contribution in [0.5, 0.6) is 11.5 Å². The molecule has 2 aliphatic rings. The normalized spacial score (nSPS) is 21.5. The lowest BCUT2D eigenvalue weighted by Crippen LogP contribution is -2.46. The topological polar surface area (TPSA) is 93.7 Å². The number of hydrogen-bond donors (Lipinski definition) is 2. The Kier molecular flexibility index (Phi) is 4.53. The summed E-state index contributed by atoms with van der Waals surface area (Å²) >= 11 is 0. The quantitative estimate of drug-likeness (QED) is 0.820. The van der Waals surface area contributed by atoms with Crippen LogP contribution in [0.25, 0.3) is 0 Å². The Morgan fingerprint density at radius 3 is 2.44 bits per heavy atom. The van der Waals surface area contributed by atoms with Crippen LogP contribution in [0.4, 0.5) is 5.69 Å². The average molecular weight is 388 g/mol. The molecular formula is C19H20N2O5S. The third-order valence-electron chi connectivity index (χ3n) is 4.41. The lowest BCUT2D eigenvalue weighted by Gasteiger charge is -2.31. The van der Waals surface area contributed by atoms with Gasteiger partial charge in [0.2, 0.25) is 16.1 Å². The first-order valence-corrected chi connectivity index (χ1v) is 10.3. The second-order valence-corrected chi connectivity index (χ2v) is 8.43. The van der Waals surface area contributed by atoms with Gasteiger partial charge in [-0.05, 0) is 50.1 Å². The monoisotopic (exact) mass is 388 g/mol. The second kappa shape index (κ2) is 6.86. The highest BCUT2D eigenvalue weighted by Gasteiger charge is 2.34. The molecule has 2 atom stereocenters. The predicted octanol–water partition coefficient (Wildman–Crippen LogP) is 2.29. The molecule has 142 valence electrons. The fourth-order valence-corrected chi connectivity index (χ4v) is 4.20. The van der Waals surface area contributed by atoms with Crippen LogP contribution >= 0.6 is 0 Å². The van der Waals surface area contributed by atoms with E-state index in [2.05, 4.69) is 10.0 Å². The van der Waals surface area contributed by atoms with Gasteiger partial charge in [0.1, 0.15) is 6.10 Å². The van der Waals surface area contributed by atoms with Crippen molar-refractivity contribution in [3.63, 3.8) is 0 Å². The zero-order valence-corrected chi connectivity index (χ0v) is 15.5. The van der Waals surface area contributed by atoms with Crippen molar-refractivity contribution in [2.24, 2.45) is 0 Å². The van der Waals surface area contributed by atoms with Crippen molar-refractivity contribution < 1.29 is 22.7 Å². The van der Waals surface area contributed by atoms with Crippen LogP contribution in [0.1, 0.15) is 19.8 Å². The van der Waals surface area contributed by atoms with Gasteiger partial charge < -0.3 is 14.8 Å². The third-order valence-corrected chi connectivity index (χ3v) is 5.93. The smallest absolute Gasteiger partial charge is 0.269 e. The van der Waals surface area contributed by atoms with Crippen LogP contribution in [-0.2, 0) is 14.8 Å². The molecule has 7 nitrogen and oxygen atoms in total. The molecule has 27 heavy (non-hydrogen) atoms. The second-order valence-electron chi connectivity index (χ2n) is 6.72. The van der Waals surface area contributed by atoms with E-state index in [0.29, 0.717) is 17.2 Å². The molecule has 1 saturated carbocycles. The van der Waals surface area contributed by atoms with Crippen molar-refractivity contribution in [3.8, 4) is 11.5 Å². The number of sulfonamides is 1. The summed E-state index contributed by atoms with van der Waals surface area (Å²) in [5, 5.41) is 2.72. The highest BCUT2D eigenvalue weighted by Crippen LogP contribution is 2.33. The molecule has 2 N–H and O–H groups in total. The van der Waals surface area contributed by atoms with E-state index in [4.69, 9.17) is 9.47 Å². The maximum atomic E-state index is 12.7. The number of carbonyl (C=O) groups excluding carboxylic acids is 1. The molecule has 0 bridgehead atoms. The Bertz CT molecular complexity index is 972. The van der Waals surface area contributed by atoms with Gasteiger partial charge in [-0.1, -0.05) is 18.2 Å². The minimum Gasteiger partial charge on any atom is -0.482 e. The van der Waals surface area contributed by atoms with Crippen molar-refractivity contribution in [1.82, 2.24) is 4.72 Å². The maximum absolute atomic E-state index is 12.7. The van der Waals surface area contributed by atoms with Crippen molar-refractivity contribution in [1.29, 1.82) is 0 Å². The van der Waals surface area contributed by atoms with E-state index >= 15 is 0 Å². The Hall–Kier alpha value is -2.58. The number of ether oxygens (including phenoxy) is 2. The summed E-state index contributed by atoms with van der Waals surface area (Å²) in [6, 6.07) is 13.3. The number of anilines is 1. The van der Waals surface area contributed by atoms with Crippen LogP contribution in [-0.4, -0.2) is 32.6 Å². The van der Waals surface area contributed by atoms with E-state index in [-0.39, 0.29) is 10.9 Å². The first kappa shape index (κ1) is 17.8. The number of fused-ring (bicyclic) bond motifs is 1. The number of nitrogens with one attached hydrogen (secondary N) is 2. The van der Waals surface area contributed by atoms with Crippen LogP contribution in [0, 0.1) is 0 Å². The van der Waals surface area contributed by atoms with E-state index in [1.807, 2.05) is 6.07 Å². The molecule has 0 radical (unpaired) electrons. The molecule has 0 spiro atoms. The van der Waals surface area contributed by atoms with Gasteiger partial charge in [-0.15, -0.1) is 0 Å². The fraction of sp³-hybridized carbons (Fsp3) is 0.316. The number of amides is 1. The molecule has 8 heteroatoms. The van der Waals surface area contributed by atoms with Crippen molar-refractivity contribution >= 4 is 21.6 Å². The van der Waals surface area contributed by atoms with Crippen LogP contribution in [0.3, 0.4) is 0 Å². The van der Waals surface area contributed by atoms with Crippen molar-refractivity contribution in [2.45, 2.75) is 42.9 Å². The van der Waals surface area contributed by atoms with Gasteiger partial charge in [-0.2, -0.15) is 0 Å². The van der Waals surface area contributed by atoms with Gasteiger partial charge in [0.15, 0.2) is 11.5 Å². The Morgan fingerprint density at radius 2 is 1.74 bits per heavy atom. The molecule has 1 aliphatic heterocycles. The van der Waals surface area contributed by atoms with E-state index < -0.39 is 28.1 Å². The SMILES string of the molecule is CC1Oc2ccccc2OC1C(=O)Nc1cccc(S(=O)(=O)NC2CC2)c1. The standard InChI is InChI=1S/C19H20N2O5S/c1-12-18(26-17-8-3-2-7-16(17)25-12)19(22)20-14-5-4-6-15(11-14)27(23,24)21-13-9-10-13/h2-8,11-13,18,21H,9-10H2,1H3,(H,20,22). The number of para-hydroxylation sites is 2. The lowest BCUT2D eigenvalue weighted by molar-refractivity contribution is -0.128. The molecule has 1 aliphatic carbocycles. The van der Waals surface area contributed by atoms with Crippen LogP contribution in [0.2, 0.25) is 0 Å². The first-order valence-electron chi connectivity index (χ1n) is 8.78. The lowest BCUT2D eigenvalue weighted by atomic mass is 10.1. The van der Waals surface area contributed by atoms with Gasteiger partial charge in [0, 0.05) is 11.7 Å². The number of carbonyl (C=O) groups is 1. The van der Waals surface area contributed by atoms with Crippen LogP contribution < -0.4 is 19.5 Å². The summed E-state index contributed by atoms with van der Waals surface area (Å²) in [5.74, 6) is 0.690. The average Bonchev–Trinajstić information content (AvgIpc) is 3.44. The summed E-state index contributed by atoms with van der Waals surface area (Å²) in [4.78, 5) is 12.8. The summed E-state index contributed by atoms with van der Waals surface area (Å²) < 4.78 is 38.8. The van der Waals surface area contributed by atoms with Gasteiger partial charge in [-0.25, -0.2) is 13.1 Å². The highest BCUT2D eigenvalue weighted by molar-refractivity contribution is 7.89. The van der Waals surface area contributed by atoms with Gasteiger partial charge in [-0.3, -0.25) is 4.79 Å². The molecule has 1 amide bonds. The van der Waals surface area contributed by atoms with Gasteiger partial charge in [0.25, 0.3) is 5.91 Å². The molecule has 0 aromatic heterocycles. The zero-order valence-electron chi connectivity index (χ0n) is 14.7. The summed E-state index contributed by atoms with van der Waals surface area (Å²) in [5.41, 5.74) is 0.383. The molecular weight excluding hydrogens is 368 g/mol. The third kappa shape index (κ3) is 3.91. The minimum atomic E-state index is -3.59. The molecule has 2 aromatic rings. The molecule has 2 aromatic carbocycles. The van der Waals surface area contributed by atoms with E-state index in [0.717, 1.165) is 12.8 Å². The van der Waals surface area contributed by atoms with Gasteiger partial charge in [0.05, 0.1) is 4.90 Å². The largest absolute Gasteiger partial charge is 0.482 e. The Morgan fingerprint density at radius 1 is 1.04 bits per heavy atom. The Labute approximate surface area is 157 Å². The van der Waals surface area contributed by atoms with Crippen molar-refractivity contribution in [2.75, 3.05) is 5.32 Å². The molecule has 2 unspecified atom stereocenters. The maximum Gasteiger partial charge on any atom is 0.269 e. The first-order chi connectivity index (χ1) is 12.9. The molecule has 0 saturated heterocycles. The minimum absolute atomic E-state index is 0.0157. The summed E-state index contributed by atoms with van der Waals surface area (Å²) in [6.45, 7) is 1.75. The Balaban J connectivity index is 1.49. The molecule has 1 heterocycles. The predicted molar refractivity (Wildman–Crippen MR) is 99.4 cm³/mol.